The van der Waals surface area contributed by atoms with E-state index in [9.17, 15) is 4.79 Å². The standard InChI is InChI=1S/C20H23N5O/c1-24-10-12-25(13-11-24)20(26)16-8-6-15(7-9-16)14-21-19-17-4-2-3-5-18(17)22-23-19/h2-9H,10-14H2,1H3,(H2,21,22,23). The van der Waals surface area contributed by atoms with Gasteiger partial charge in [0.1, 0.15) is 0 Å². The number of carbonyl (C=O) groups excluding carboxylic acids is 1. The maximum atomic E-state index is 12.6. The van der Waals surface area contributed by atoms with Crippen LogP contribution >= 0.6 is 0 Å². The third kappa shape index (κ3) is 3.41. The monoisotopic (exact) mass is 349 g/mol. The van der Waals surface area contributed by atoms with Crippen molar-refractivity contribution in [2.75, 3.05) is 38.5 Å². The van der Waals surface area contributed by atoms with Gasteiger partial charge in [-0.25, -0.2) is 0 Å². The first-order chi connectivity index (χ1) is 12.7. The molecule has 26 heavy (non-hydrogen) atoms. The van der Waals surface area contributed by atoms with E-state index < -0.39 is 0 Å². The fraction of sp³-hybridized carbons (Fsp3) is 0.300. The van der Waals surface area contributed by atoms with Gasteiger partial charge >= 0.3 is 0 Å². The number of carbonyl (C=O) groups is 1. The molecule has 2 aromatic carbocycles. The van der Waals surface area contributed by atoms with E-state index in [0.717, 1.165) is 54.0 Å². The summed E-state index contributed by atoms with van der Waals surface area (Å²) >= 11 is 0. The van der Waals surface area contributed by atoms with Crippen molar-refractivity contribution in [3.63, 3.8) is 0 Å². The Labute approximate surface area is 152 Å². The second-order valence-corrected chi connectivity index (χ2v) is 6.76. The Morgan fingerprint density at radius 2 is 1.81 bits per heavy atom. The molecular formula is C20H23N5O. The average molecular weight is 349 g/mol. The number of rotatable bonds is 4. The molecule has 1 saturated heterocycles. The van der Waals surface area contributed by atoms with E-state index in [-0.39, 0.29) is 5.91 Å². The van der Waals surface area contributed by atoms with Crippen LogP contribution in [0.2, 0.25) is 0 Å². The molecule has 0 atom stereocenters. The van der Waals surface area contributed by atoms with Gasteiger partial charge in [-0.1, -0.05) is 24.3 Å². The van der Waals surface area contributed by atoms with Crippen molar-refractivity contribution in [2.24, 2.45) is 0 Å². The molecule has 1 aliphatic rings. The number of nitrogens with zero attached hydrogens (tertiary/aromatic N) is 3. The minimum absolute atomic E-state index is 0.121. The van der Waals surface area contributed by atoms with Crippen molar-refractivity contribution in [2.45, 2.75) is 6.54 Å². The van der Waals surface area contributed by atoms with Crippen molar-refractivity contribution >= 4 is 22.6 Å². The van der Waals surface area contributed by atoms with E-state index in [1.165, 1.54) is 0 Å². The summed E-state index contributed by atoms with van der Waals surface area (Å²) in [5.41, 5.74) is 2.89. The topological polar surface area (TPSA) is 64.3 Å². The van der Waals surface area contributed by atoms with Gasteiger partial charge < -0.3 is 15.1 Å². The molecule has 0 unspecified atom stereocenters. The van der Waals surface area contributed by atoms with Crippen molar-refractivity contribution in [1.29, 1.82) is 0 Å². The van der Waals surface area contributed by atoms with Crippen LogP contribution in [0.25, 0.3) is 10.9 Å². The number of nitrogens with one attached hydrogen (secondary N) is 2. The molecular weight excluding hydrogens is 326 g/mol. The third-order valence-corrected chi connectivity index (χ3v) is 4.92. The van der Waals surface area contributed by atoms with Gasteiger partial charge in [-0.05, 0) is 36.9 Å². The zero-order chi connectivity index (χ0) is 17.9. The van der Waals surface area contributed by atoms with Crippen LogP contribution in [0, 0.1) is 0 Å². The Morgan fingerprint density at radius 3 is 2.58 bits per heavy atom. The third-order valence-electron chi connectivity index (χ3n) is 4.92. The summed E-state index contributed by atoms with van der Waals surface area (Å²) in [5.74, 6) is 0.967. The Balaban J connectivity index is 1.39. The van der Waals surface area contributed by atoms with Crippen LogP contribution < -0.4 is 5.32 Å². The number of amides is 1. The molecule has 0 saturated carbocycles. The summed E-state index contributed by atoms with van der Waals surface area (Å²) in [4.78, 5) is 16.8. The van der Waals surface area contributed by atoms with Crippen LogP contribution in [-0.2, 0) is 6.54 Å². The molecule has 2 N–H and O–H groups in total. The second-order valence-electron chi connectivity index (χ2n) is 6.76. The van der Waals surface area contributed by atoms with E-state index in [0.29, 0.717) is 6.54 Å². The van der Waals surface area contributed by atoms with E-state index in [1.54, 1.807) is 0 Å². The smallest absolute Gasteiger partial charge is 0.253 e. The number of para-hydroxylation sites is 1. The first-order valence-corrected chi connectivity index (χ1v) is 8.94. The number of H-pyrrole nitrogens is 1. The Kier molecular flexibility index (Phi) is 4.58. The van der Waals surface area contributed by atoms with Gasteiger partial charge in [0.05, 0.1) is 5.52 Å². The molecule has 2 heterocycles. The lowest BCUT2D eigenvalue weighted by molar-refractivity contribution is 0.0664. The van der Waals surface area contributed by atoms with Crippen molar-refractivity contribution in [3.8, 4) is 0 Å². The number of aromatic nitrogens is 2. The quantitative estimate of drug-likeness (QED) is 0.760. The molecule has 0 aliphatic carbocycles. The average Bonchev–Trinajstić information content (AvgIpc) is 3.10. The molecule has 3 aromatic rings. The van der Waals surface area contributed by atoms with Crippen LogP contribution in [0.3, 0.4) is 0 Å². The summed E-state index contributed by atoms with van der Waals surface area (Å²) in [6.07, 6.45) is 0. The highest BCUT2D eigenvalue weighted by Gasteiger charge is 2.20. The van der Waals surface area contributed by atoms with Gasteiger partial charge in [0.25, 0.3) is 5.91 Å². The van der Waals surface area contributed by atoms with Crippen LogP contribution in [0.4, 0.5) is 5.82 Å². The predicted octanol–water partition coefficient (Wildman–Crippen LogP) is 2.56. The molecule has 0 bridgehead atoms. The number of anilines is 1. The summed E-state index contributed by atoms with van der Waals surface area (Å²) in [6.45, 7) is 4.13. The van der Waals surface area contributed by atoms with Crippen molar-refractivity contribution < 1.29 is 4.79 Å². The number of piperazine rings is 1. The number of likely N-dealkylation sites (N-methyl/N-ethyl adjacent to an activating group) is 1. The zero-order valence-electron chi connectivity index (χ0n) is 14.9. The fourth-order valence-electron chi connectivity index (χ4n) is 3.24. The number of aromatic amines is 1. The molecule has 0 spiro atoms. The highest BCUT2D eigenvalue weighted by molar-refractivity contribution is 5.94. The van der Waals surface area contributed by atoms with Crippen LogP contribution in [0.5, 0.6) is 0 Å². The summed E-state index contributed by atoms with van der Waals surface area (Å²) in [7, 11) is 2.09. The minimum Gasteiger partial charge on any atom is -0.364 e. The number of fused-ring (bicyclic) bond motifs is 1. The first kappa shape index (κ1) is 16.6. The lowest BCUT2D eigenvalue weighted by Gasteiger charge is -2.32. The maximum Gasteiger partial charge on any atom is 0.253 e. The highest BCUT2D eigenvalue weighted by atomic mass is 16.2. The van der Waals surface area contributed by atoms with Gasteiger partial charge in [0.2, 0.25) is 0 Å². The molecule has 6 heteroatoms. The first-order valence-electron chi connectivity index (χ1n) is 8.94. The van der Waals surface area contributed by atoms with Gasteiger partial charge in [0, 0.05) is 43.7 Å². The molecule has 1 fully saturated rings. The minimum atomic E-state index is 0.121. The molecule has 134 valence electrons. The molecule has 1 aliphatic heterocycles. The van der Waals surface area contributed by atoms with E-state index in [4.69, 9.17) is 0 Å². The predicted molar refractivity (Wildman–Crippen MR) is 103 cm³/mol. The van der Waals surface area contributed by atoms with Crippen LogP contribution in [-0.4, -0.2) is 59.1 Å². The van der Waals surface area contributed by atoms with Gasteiger partial charge in [-0.3, -0.25) is 9.89 Å². The lowest BCUT2D eigenvalue weighted by atomic mass is 10.1. The van der Waals surface area contributed by atoms with Gasteiger partial charge in [0.15, 0.2) is 5.82 Å². The van der Waals surface area contributed by atoms with Crippen molar-refractivity contribution in [3.05, 3.63) is 59.7 Å². The SMILES string of the molecule is CN1CCN(C(=O)c2ccc(CNc3n[nH]c4ccccc34)cc2)CC1. The zero-order valence-corrected chi connectivity index (χ0v) is 14.9. The fourth-order valence-corrected chi connectivity index (χ4v) is 3.24. The molecule has 0 radical (unpaired) electrons. The Hall–Kier alpha value is -2.86. The number of hydrogen-bond donors (Lipinski definition) is 2. The molecule has 4 rings (SSSR count). The van der Waals surface area contributed by atoms with Crippen molar-refractivity contribution in [1.82, 2.24) is 20.0 Å². The maximum absolute atomic E-state index is 12.6. The largest absolute Gasteiger partial charge is 0.364 e. The molecule has 6 nitrogen and oxygen atoms in total. The van der Waals surface area contributed by atoms with E-state index >= 15 is 0 Å². The second kappa shape index (κ2) is 7.17. The lowest BCUT2D eigenvalue weighted by Crippen LogP contribution is -2.47. The van der Waals surface area contributed by atoms with Gasteiger partial charge in [-0.15, -0.1) is 0 Å². The molecule has 1 aromatic heterocycles. The summed E-state index contributed by atoms with van der Waals surface area (Å²) in [5, 5.41) is 11.8. The Bertz CT molecular complexity index is 894. The normalized spacial score (nSPS) is 15.3. The van der Waals surface area contributed by atoms with Crippen LogP contribution in [0.1, 0.15) is 15.9 Å². The summed E-state index contributed by atoms with van der Waals surface area (Å²) in [6, 6.07) is 15.9. The highest BCUT2D eigenvalue weighted by Crippen LogP contribution is 2.20. The van der Waals surface area contributed by atoms with E-state index in [2.05, 4.69) is 27.5 Å². The number of benzene rings is 2. The van der Waals surface area contributed by atoms with E-state index in [1.807, 2.05) is 53.4 Å². The Morgan fingerprint density at radius 1 is 1.08 bits per heavy atom. The summed E-state index contributed by atoms with van der Waals surface area (Å²) < 4.78 is 0. The van der Waals surface area contributed by atoms with Gasteiger partial charge in [-0.2, -0.15) is 5.10 Å². The number of hydrogen-bond acceptors (Lipinski definition) is 4. The van der Waals surface area contributed by atoms with Crippen LogP contribution in [0.15, 0.2) is 48.5 Å². The molecule has 1 amide bonds.